The van der Waals surface area contributed by atoms with Crippen molar-refractivity contribution in [3.05, 3.63) is 71.5 Å². The van der Waals surface area contributed by atoms with Crippen LogP contribution >= 0.6 is 24.0 Å². The molecule has 0 atom stereocenters. The highest BCUT2D eigenvalue weighted by Crippen LogP contribution is 2.06. The maximum absolute atomic E-state index is 13.0. The van der Waals surface area contributed by atoms with Crippen molar-refractivity contribution < 1.29 is 9.18 Å². The second-order valence-electron chi connectivity index (χ2n) is 6.23. The molecule has 0 aromatic heterocycles. The van der Waals surface area contributed by atoms with Gasteiger partial charge in [0.05, 0.1) is 6.54 Å². The number of nitrogens with zero attached hydrogens (tertiary/aromatic N) is 2. The molecule has 0 aliphatic heterocycles. The Morgan fingerprint density at radius 2 is 1.71 bits per heavy atom. The maximum atomic E-state index is 13.0. The normalized spacial score (nSPS) is 10.8. The molecule has 0 saturated heterocycles. The monoisotopic (exact) mass is 498 g/mol. The van der Waals surface area contributed by atoms with Gasteiger partial charge in [0.1, 0.15) is 5.82 Å². The maximum Gasteiger partial charge on any atom is 0.222 e. The Labute approximate surface area is 183 Å². The Kier molecular flexibility index (Phi) is 11.2. The molecule has 0 radical (unpaired) electrons. The van der Waals surface area contributed by atoms with Gasteiger partial charge in [-0.05, 0) is 30.2 Å². The lowest BCUT2D eigenvalue weighted by molar-refractivity contribution is -0.121. The fraction of sp³-hybridized carbons (Fsp3) is 0.333. The van der Waals surface area contributed by atoms with E-state index in [1.165, 1.54) is 12.1 Å². The third kappa shape index (κ3) is 8.69. The van der Waals surface area contributed by atoms with Gasteiger partial charge in [0.25, 0.3) is 0 Å². The van der Waals surface area contributed by atoms with Gasteiger partial charge in [0.2, 0.25) is 5.91 Å². The number of halogens is 2. The van der Waals surface area contributed by atoms with E-state index in [1.54, 1.807) is 12.1 Å². The Morgan fingerprint density at radius 1 is 1.04 bits per heavy atom. The summed E-state index contributed by atoms with van der Waals surface area (Å²) in [5.41, 5.74) is 2.06. The number of benzene rings is 2. The highest BCUT2D eigenvalue weighted by molar-refractivity contribution is 14.0. The second-order valence-corrected chi connectivity index (χ2v) is 6.23. The van der Waals surface area contributed by atoms with E-state index < -0.39 is 0 Å². The van der Waals surface area contributed by atoms with E-state index in [-0.39, 0.29) is 35.7 Å². The number of nitrogens with one attached hydrogen (secondary N) is 2. The van der Waals surface area contributed by atoms with Gasteiger partial charge in [-0.3, -0.25) is 9.79 Å². The van der Waals surface area contributed by atoms with Crippen LogP contribution < -0.4 is 10.6 Å². The molecule has 152 valence electrons. The van der Waals surface area contributed by atoms with E-state index in [0.29, 0.717) is 26.1 Å². The molecule has 2 rings (SSSR count). The highest BCUT2D eigenvalue weighted by atomic mass is 127. The van der Waals surface area contributed by atoms with Crippen LogP contribution in [0.5, 0.6) is 0 Å². The third-order valence-electron chi connectivity index (χ3n) is 3.96. The summed E-state index contributed by atoms with van der Waals surface area (Å²) in [7, 11) is 1.92. The number of carbonyl (C=O) groups excluding carboxylic acids is 1. The van der Waals surface area contributed by atoms with E-state index in [4.69, 9.17) is 0 Å². The molecule has 28 heavy (non-hydrogen) atoms. The molecule has 0 spiro atoms. The average molecular weight is 498 g/mol. The van der Waals surface area contributed by atoms with Crippen molar-refractivity contribution in [1.29, 1.82) is 0 Å². The van der Waals surface area contributed by atoms with Gasteiger partial charge in [-0.1, -0.05) is 42.5 Å². The second kappa shape index (κ2) is 13.1. The van der Waals surface area contributed by atoms with Gasteiger partial charge in [-0.25, -0.2) is 4.39 Å². The van der Waals surface area contributed by atoms with Crippen LogP contribution in [0.1, 0.15) is 24.5 Å². The first-order valence-electron chi connectivity index (χ1n) is 9.13. The molecule has 2 N–H and O–H groups in total. The minimum absolute atomic E-state index is 0. The Morgan fingerprint density at radius 3 is 2.36 bits per heavy atom. The van der Waals surface area contributed by atoms with E-state index in [0.717, 1.165) is 23.6 Å². The van der Waals surface area contributed by atoms with E-state index in [2.05, 4.69) is 15.6 Å². The predicted octanol–water partition coefficient (Wildman–Crippen LogP) is 3.55. The molecule has 0 heterocycles. The van der Waals surface area contributed by atoms with Crippen LogP contribution in [0.4, 0.5) is 4.39 Å². The van der Waals surface area contributed by atoms with Gasteiger partial charge >= 0.3 is 0 Å². The smallest absolute Gasteiger partial charge is 0.222 e. The van der Waals surface area contributed by atoms with Crippen molar-refractivity contribution in [1.82, 2.24) is 15.5 Å². The fourth-order valence-electron chi connectivity index (χ4n) is 2.56. The zero-order valence-electron chi connectivity index (χ0n) is 16.3. The molecule has 0 bridgehead atoms. The number of guanidine groups is 1. The number of aliphatic imine (C=N–C) groups is 1. The van der Waals surface area contributed by atoms with Crippen LogP contribution in [0, 0.1) is 5.82 Å². The van der Waals surface area contributed by atoms with E-state index in [1.807, 2.05) is 49.2 Å². The molecule has 7 heteroatoms. The van der Waals surface area contributed by atoms with Gasteiger partial charge in [0.15, 0.2) is 5.96 Å². The van der Waals surface area contributed by atoms with Crippen LogP contribution in [-0.4, -0.2) is 36.9 Å². The molecule has 2 aromatic carbocycles. The van der Waals surface area contributed by atoms with Crippen molar-refractivity contribution >= 4 is 35.8 Å². The standard InChI is InChI=1S/C21H27FN4O.HI/c1-3-23-21(26(2)16-18-9-11-19(22)12-10-18)24-14-13-20(27)25-15-17-7-5-4-6-8-17;/h4-12H,3,13-16H2,1-2H3,(H,23,24)(H,25,27);1H. The van der Waals surface area contributed by atoms with Crippen molar-refractivity contribution in [3.63, 3.8) is 0 Å². The highest BCUT2D eigenvalue weighted by Gasteiger charge is 2.07. The lowest BCUT2D eigenvalue weighted by atomic mass is 10.2. The van der Waals surface area contributed by atoms with Gasteiger partial charge in [-0.2, -0.15) is 0 Å². The SMILES string of the molecule is CCNC(=NCCC(=O)NCc1ccccc1)N(C)Cc1ccc(F)cc1.I. The largest absolute Gasteiger partial charge is 0.357 e. The molecule has 5 nitrogen and oxygen atoms in total. The Hall–Kier alpha value is -2.16. The average Bonchev–Trinajstić information content (AvgIpc) is 2.68. The molecule has 1 amide bonds. The zero-order chi connectivity index (χ0) is 19.5. The lowest BCUT2D eigenvalue weighted by Gasteiger charge is -2.22. The number of carbonyl (C=O) groups is 1. The quantitative estimate of drug-likeness (QED) is 0.333. The molecule has 0 aliphatic rings. The van der Waals surface area contributed by atoms with Gasteiger partial charge in [-0.15, -0.1) is 24.0 Å². The fourth-order valence-corrected chi connectivity index (χ4v) is 2.56. The Balaban J connectivity index is 0.00000392. The summed E-state index contributed by atoms with van der Waals surface area (Å²) in [4.78, 5) is 18.5. The van der Waals surface area contributed by atoms with Crippen molar-refractivity contribution in [2.24, 2.45) is 4.99 Å². The minimum atomic E-state index is -0.247. The first-order valence-corrected chi connectivity index (χ1v) is 9.13. The van der Waals surface area contributed by atoms with Crippen LogP contribution in [0.15, 0.2) is 59.6 Å². The molecular weight excluding hydrogens is 470 g/mol. The van der Waals surface area contributed by atoms with Crippen molar-refractivity contribution in [3.8, 4) is 0 Å². The predicted molar refractivity (Wildman–Crippen MR) is 122 cm³/mol. The summed E-state index contributed by atoms with van der Waals surface area (Å²) in [6.07, 6.45) is 0.326. The van der Waals surface area contributed by atoms with Crippen molar-refractivity contribution in [2.75, 3.05) is 20.1 Å². The van der Waals surface area contributed by atoms with Gasteiger partial charge < -0.3 is 15.5 Å². The zero-order valence-corrected chi connectivity index (χ0v) is 18.7. The van der Waals surface area contributed by atoms with Crippen LogP contribution in [0.3, 0.4) is 0 Å². The molecular formula is C21H28FIN4O. The molecule has 0 fully saturated rings. The summed E-state index contributed by atoms with van der Waals surface area (Å²) in [5.74, 6) is 0.445. The Bertz CT molecular complexity index is 738. The van der Waals surface area contributed by atoms with Crippen molar-refractivity contribution in [2.45, 2.75) is 26.4 Å². The number of rotatable bonds is 8. The summed E-state index contributed by atoms with van der Waals surface area (Å²) >= 11 is 0. The first-order chi connectivity index (χ1) is 13.1. The molecule has 0 saturated carbocycles. The van der Waals surface area contributed by atoms with Gasteiger partial charge in [0, 0.05) is 33.1 Å². The molecule has 0 aliphatic carbocycles. The third-order valence-corrected chi connectivity index (χ3v) is 3.96. The summed E-state index contributed by atoms with van der Waals surface area (Å²) in [5, 5.41) is 6.12. The number of hydrogen-bond acceptors (Lipinski definition) is 2. The molecule has 2 aromatic rings. The number of hydrogen-bond donors (Lipinski definition) is 2. The van der Waals surface area contributed by atoms with Crippen LogP contribution in [0.25, 0.3) is 0 Å². The van der Waals surface area contributed by atoms with Crippen LogP contribution in [0.2, 0.25) is 0 Å². The topological polar surface area (TPSA) is 56.7 Å². The molecule has 0 unspecified atom stereocenters. The lowest BCUT2D eigenvalue weighted by Crippen LogP contribution is -2.38. The first kappa shape index (κ1) is 23.9. The minimum Gasteiger partial charge on any atom is -0.357 e. The summed E-state index contributed by atoms with van der Waals surface area (Å²) in [6.45, 7) is 4.25. The van der Waals surface area contributed by atoms with E-state index in [9.17, 15) is 9.18 Å². The summed E-state index contributed by atoms with van der Waals surface area (Å²) in [6, 6.07) is 16.2. The van der Waals surface area contributed by atoms with Crippen LogP contribution in [-0.2, 0) is 17.9 Å². The summed E-state index contributed by atoms with van der Waals surface area (Å²) < 4.78 is 13.0. The number of amides is 1. The van der Waals surface area contributed by atoms with E-state index >= 15 is 0 Å².